The molecule has 1 rings (SSSR count). The number of piperidine rings is 1. The van der Waals surface area contributed by atoms with Crippen molar-refractivity contribution in [2.75, 3.05) is 20.1 Å². The summed E-state index contributed by atoms with van der Waals surface area (Å²) < 4.78 is 0. The summed E-state index contributed by atoms with van der Waals surface area (Å²) in [5.41, 5.74) is 2.92. The fraction of sp³-hybridized carbons (Fsp3) is 0.750. The van der Waals surface area contributed by atoms with Crippen LogP contribution in [0.25, 0.3) is 0 Å². The van der Waals surface area contributed by atoms with Crippen molar-refractivity contribution in [3.8, 4) is 0 Å². The zero-order valence-electron chi connectivity index (χ0n) is 12.1. The first-order valence-electron chi connectivity index (χ1n) is 7.07. The maximum Gasteiger partial charge on any atom is -0.00191 e. The molecule has 0 bridgehead atoms. The van der Waals surface area contributed by atoms with Crippen LogP contribution in [0.15, 0.2) is 23.3 Å². The topological polar surface area (TPSA) is 3.24 Å². The number of nitrogens with zero attached hydrogens (tertiary/aromatic N) is 1. The molecule has 1 aliphatic rings. The molecule has 1 aliphatic heterocycles. The first-order chi connectivity index (χ1) is 8.08. The molecule has 1 heterocycles. The smallest absolute Gasteiger partial charge is 0.00191 e. The number of hydrogen-bond acceptors (Lipinski definition) is 1. The van der Waals surface area contributed by atoms with Crippen molar-refractivity contribution >= 4 is 0 Å². The van der Waals surface area contributed by atoms with Crippen molar-refractivity contribution in [1.82, 2.24) is 4.90 Å². The fourth-order valence-corrected chi connectivity index (χ4v) is 2.41. The standard InChI is InChI=1S/C16H29N/c1-14(2)8-9-15(3)6-5-7-16-10-12-17(4)13-11-16/h8-9,16H,5-7,10-13H2,1-4H3/b15-9+. The largest absolute Gasteiger partial charge is 0.306 e. The van der Waals surface area contributed by atoms with Crippen LogP contribution in [-0.4, -0.2) is 25.0 Å². The molecule has 98 valence electrons. The van der Waals surface area contributed by atoms with Crippen LogP contribution in [0.3, 0.4) is 0 Å². The highest BCUT2D eigenvalue weighted by Crippen LogP contribution is 2.22. The van der Waals surface area contributed by atoms with Gasteiger partial charge in [-0.3, -0.25) is 0 Å². The molecule has 1 saturated heterocycles. The van der Waals surface area contributed by atoms with Crippen molar-refractivity contribution in [1.29, 1.82) is 0 Å². The maximum absolute atomic E-state index is 2.45. The minimum atomic E-state index is 0.988. The Morgan fingerprint density at radius 1 is 1.12 bits per heavy atom. The number of likely N-dealkylation sites (tertiary alicyclic amines) is 1. The van der Waals surface area contributed by atoms with Gasteiger partial charge in [0.2, 0.25) is 0 Å². The lowest BCUT2D eigenvalue weighted by Crippen LogP contribution is -2.30. The van der Waals surface area contributed by atoms with Gasteiger partial charge in [0.1, 0.15) is 0 Å². The minimum absolute atomic E-state index is 0.988. The predicted octanol–water partition coefficient (Wildman–Crippen LogP) is 4.41. The first kappa shape index (κ1) is 14.5. The number of allylic oxidation sites excluding steroid dienone is 4. The van der Waals surface area contributed by atoms with Crippen LogP contribution in [0, 0.1) is 5.92 Å². The first-order valence-corrected chi connectivity index (χ1v) is 7.07. The molecule has 1 nitrogen and oxygen atoms in total. The van der Waals surface area contributed by atoms with Gasteiger partial charge in [0.25, 0.3) is 0 Å². The van der Waals surface area contributed by atoms with Gasteiger partial charge in [-0.25, -0.2) is 0 Å². The third-order valence-electron chi connectivity index (χ3n) is 3.72. The molecule has 0 aromatic rings. The van der Waals surface area contributed by atoms with E-state index in [2.05, 4.69) is 44.9 Å². The van der Waals surface area contributed by atoms with E-state index in [-0.39, 0.29) is 0 Å². The summed E-state index contributed by atoms with van der Waals surface area (Å²) in [6.07, 6.45) is 11.4. The average molecular weight is 235 g/mol. The Kier molecular flexibility index (Phi) is 6.57. The Labute approximate surface area is 108 Å². The molecule has 0 saturated carbocycles. The van der Waals surface area contributed by atoms with E-state index in [0.717, 1.165) is 5.92 Å². The molecule has 0 aromatic carbocycles. The Morgan fingerprint density at radius 3 is 2.35 bits per heavy atom. The number of hydrogen-bond donors (Lipinski definition) is 0. The van der Waals surface area contributed by atoms with E-state index in [0.29, 0.717) is 0 Å². The third-order valence-corrected chi connectivity index (χ3v) is 3.72. The molecule has 0 amide bonds. The summed E-state index contributed by atoms with van der Waals surface area (Å²) in [6.45, 7) is 9.17. The van der Waals surface area contributed by atoms with Gasteiger partial charge in [-0.05, 0) is 72.5 Å². The highest BCUT2D eigenvalue weighted by atomic mass is 15.1. The number of rotatable bonds is 5. The molecule has 1 fully saturated rings. The Bertz CT molecular complexity index is 263. The second kappa shape index (κ2) is 7.71. The summed E-state index contributed by atoms with van der Waals surface area (Å²) in [5.74, 6) is 0.988. The van der Waals surface area contributed by atoms with Gasteiger partial charge >= 0.3 is 0 Å². The van der Waals surface area contributed by atoms with Crippen LogP contribution in [0.5, 0.6) is 0 Å². The second-order valence-electron chi connectivity index (χ2n) is 5.90. The van der Waals surface area contributed by atoms with Gasteiger partial charge in [0, 0.05) is 0 Å². The van der Waals surface area contributed by atoms with E-state index in [1.807, 2.05) is 0 Å². The Hall–Kier alpha value is -0.560. The van der Waals surface area contributed by atoms with Crippen molar-refractivity contribution < 1.29 is 0 Å². The van der Waals surface area contributed by atoms with Crippen LogP contribution in [-0.2, 0) is 0 Å². The van der Waals surface area contributed by atoms with Crippen molar-refractivity contribution in [2.24, 2.45) is 5.92 Å². The molecule has 0 radical (unpaired) electrons. The van der Waals surface area contributed by atoms with E-state index in [1.165, 1.54) is 56.3 Å². The van der Waals surface area contributed by atoms with Gasteiger partial charge in [-0.1, -0.05) is 29.7 Å². The quantitative estimate of drug-likeness (QED) is 0.638. The van der Waals surface area contributed by atoms with Crippen LogP contribution < -0.4 is 0 Å². The van der Waals surface area contributed by atoms with Gasteiger partial charge in [-0.15, -0.1) is 0 Å². The average Bonchev–Trinajstić information content (AvgIpc) is 2.29. The zero-order chi connectivity index (χ0) is 12.7. The van der Waals surface area contributed by atoms with Gasteiger partial charge in [0.15, 0.2) is 0 Å². The summed E-state index contributed by atoms with van der Waals surface area (Å²) in [6, 6.07) is 0. The van der Waals surface area contributed by atoms with Crippen molar-refractivity contribution in [2.45, 2.75) is 52.9 Å². The summed E-state index contributed by atoms with van der Waals surface area (Å²) >= 11 is 0. The third kappa shape index (κ3) is 6.68. The highest BCUT2D eigenvalue weighted by molar-refractivity contribution is 5.13. The van der Waals surface area contributed by atoms with E-state index in [9.17, 15) is 0 Å². The Morgan fingerprint density at radius 2 is 1.76 bits per heavy atom. The highest BCUT2D eigenvalue weighted by Gasteiger charge is 2.15. The van der Waals surface area contributed by atoms with Crippen LogP contribution in [0.4, 0.5) is 0 Å². The van der Waals surface area contributed by atoms with Gasteiger partial charge in [0.05, 0.1) is 0 Å². The fourth-order valence-electron chi connectivity index (χ4n) is 2.41. The molecule has 0 aliphatic carbocycles. The monoisotopic (exact) mass is 235 g/mol. The van der Waals surface area contributed by atoms with Gasteiger partial charge < -0.3 is 4.90 Å². The molecule has 0 spiro atoms. The van der Waals surface area contributed by atoms with Gasteiger partial charge in [-0.2, -0.15) is 0 Å². The van der Waals surface area contributed by atoms with E-state index >= 15 is 0 Å². The zero-order valence-corrected chi connectivity index (χ0v) is 12.1. The lowest BCUT2D eigenvalue weighted by molar-refractivity contribution is 0.210. The van der Waals surface area contributed by atoms with Crippen LogP contribution in [0.2, 0.25) is 0 Å². The molecule has 17 heavy (non-hydrogen) atoms. The SMILES string of the molecule is CC(C)=C/C=C(\C)CCCC1CCN(C)CC1. The molecule has 0 atom stereocenters. The molecule has 0 aromatic heterocycles. The molecular formula is C16H29N. The lowest BCUT2D eigenvalue weighted by atomic mass is 9.91. The van der Waals surface area contributed by atoms with Crippen molar-refractivity contribution in [3.63, 3.8) is 0 Å². The van der Waals surface area contributed by atoms with E-state index in [4.69, 9.17) is 0 Å². The summed E-state index contributed by atoms with van der Waals surface area (Å²) in [4.78, 5) is 2.45. The summed E-state index contributed by atoms with van der Waals surface area (Å²) in [7, 11) is 2.24. The Balaban J connectivity index is 2.15. The van der Waals surface area contributed by atoms with Crippen molar-refractivity contribution in [3.05, 3.63) is 23.3 Å². The van der Waals surface area contributed by atoms with Crippen LogP contribution >= 0.6 is 0 Å². The molecular weight excluding hydrogens is 206 g/mol. The molecule has 1 heteroatoms. The van der Waals surface area contributed by atoms with Crippen LogP contribution in [0.1, 0.15) is 52.9 Å². The second-order valence-corrected chi connectivity index (χ2v) is 5.90. The predicted molar refractivity (Wildman–Crippen MR) is 77.3 cm³/mol. The summed E-state index contributed by atoms with van der Waals surface area (Å²) in [5, 5.41) is 0. The lowest BCUT2D eigenvalue weighted by Gasteiger charge is -2.28. The molecule has 0 unspecified atom stereocenters. The van der Waals surface area contributed by atoms with E-state index < -0.39 is 0 Å². The maximum atomic E-state index is 2.45. The molecule has 0 N–H and O–H groups in total. The normalized spacial score (nSPS) is 19.4. The minimum Gasteiger partial charge on any atom is -0.306 e. The van der Waals surface area contributed by atoms with E-state index in [1.54, 1.807) is 0 Å².